The van der Waals surface area contributed by atoms with Crippen LogP contribution >= 0.6 is 0 Å². The van der Waals surface area contributed by atoms with Gasteiger partial charge in [-0.25, -0.2) is 0 Å². The Labute approximate surface area is 138 Å². The fourth-order valence-electron chi connectivity index (χ4n) is 2.55. The lowest BCUT2D eigenvalue weighted by atomic mass is 10.1. The van der Waals surface area contributed by atoms with Gasteiger partial charge in [0, 0.05) is 18.2 Å². The summed E-state index contributed by atoms with van der Waals surface area (Å²) >= 11 is 0. The molecule has 0 aliphatic rings. The van der Waals surface area contributed by atoms with Crippen molar-refractivity contribution < 1.29 is 14.2 Å². The van der Waals surface area contributed by atoms with Gasteiger partial charge in [0.2, 0.25) is 0 Å². The molecule has 0 heterocycles. The predicted molar refractivity (Wildman–Crippen MR) is 92.7 cm³/mol. The van der Waals surface area contributed by atoms with E-state index in [4.69, 9.17) is 14.2 Å². The minimum absolute atomic E-state index is 0.674. The van der Waals surface area contributed by atoms with E-state index in [1.807, 2.05) is 12.1 Å². The molecule has 0 unspecified atom stereocenters. The van der Waals surface area contributed by atoms with Crippen LogP contribution in [0.15, 0.2) is 36.4 Å². The molecule has 124 valence electrons. The second-order valence-electron chi connectivity index (χ2n) is 5.43. The molecule has 2 aromatic rings. The Morgan fingerprint density at radius 2 is 1.57 bits per heavy atom. The summed E-state index contributed by atoms with van der Waals surface area (Å²) in [7, 11) is 4.92. The van der Waals surface area contributed by atoms with Crippen LogP contribution in [0.2, 0.25) is 0 Å². The van der Waals surface area contributed by atoms with Crippen LogP contribution in [-0.4, -0.2) is 27.9 Å². The molecular formula is C19H25NO3. The molecule has 0 radical (unpaired) electrons. The normalized spacial score (nSPS) is 10.4. The zero-order valence-corrected chi connectivity index (χ0v) is 14.3. The number of rotatable bonds is 8. The molecule has 0 aliphatic carbocycles. The van der Waals surface area contributed by atoms with Crippen molar-refractivity contribution in [2.75, 3.05) is 27.9 Å². The van der Waals surface area contributed by atoms with E-state index in [0.717, 1.165) is 30.8 Å². The number of nitrogens with one attached hydrogen (secondary N) is 1. The number of ether oxygens (including phenoxy) is 3. The topological polar surface area (TPSA) is 39.7 Å². The highest BCUT2D eigenvalue weighted by Gasteiger charge is 2.11. The van der Waals surface area contributed by atoms with Crippen LogP contribution < -0.4 is 19.5 Å². The molecule has 0 aromatic heterocycles. The summed E-state index contributed by atoms with van der Waals surface area (Å²) in [4.78, 5) is 0. The monoisotopic (exact) mass is 315 g/mol. The molecular weight excluding hydrogens is 290 g/mol. The minimum Gasteiger partial charge on any atom is -0.496 e. The molecule has 23 heavy (non-hydrogen) atoms. The molecule has 4 nitrogen and oxygen atoms in total. The van der Waals surface area contributed by atoms with Crippen LogP contribution in [0.3, 0.4) is 0 Å². The second-order valence-corrected chi connectivity index (χ2v) is 5.43. The average Bonchev–Trinajstić information content (AvgIpc) is 2.58. The molecule has 0 saturated heterocycles. The van der Waals surface area contributed by atoms with Gasteiger partial charge in [-0.2, -0.15) is 0 Å². The van der Waals surface area contributed by atoms with E-state index < -0.39 is 0 Å². The van der Waals surface area contributed by atoms with E-state index in [0.29, 0.717) is 11.5 Å². The highest BCUT2D eigenvalue weighted by Crippen LogP contribution is 2.34. The lowest BCUT2D eigenvalue weighted by molar-refractivity contribution is 0.347. The molecule has 0 spiro atoms. The SMILES string of the molecule is COc1cc(OC)c(OC)cc1CNCCc1cccc(C)c1. The standard InChI is InChI=1S/C19H25NO3/c1-14-6-5-7-15(10-14)8-9-20-13-16-11-18(22-3)19(23-4)12-17(16)21-2/h5-7,10-12,20H,8-9,13H2,1-4H3. The van der Waals surface area contributed by atoms with Crippen molar-refractivity contribution in [2.45, 2.75) is 19.9 Å². The van der Waals surface area contributed by atoms with Crippen LogP contribution in [0.25, 0.3) is 0 Å². The highest BCUT2D eigenvalue weighted by molar-refractivity contribution is 5.50. The third-order valence-corrected chi connectivity index (χ3v) is 3.77. The molecule has 4 heteroatoms. The van der Waals surface area contributed by atoms with E-state index in [-0.39, 0.29) is 0 Å². The van der Waals surface area contributed by atoms with E-state index in [2.05, 4.69) is 36.5 Å². The quantitative estimate of drug-likeness (QED) is 0.758. The number of methoxy groups -OCH3 is 3. The van der Waals surface area contributed by atoms with E-state index in [9.17, 15) is 0 Å². The molecule has 0 saturated carbocycles. The van der Waals surface area contributed by atoms with Crippen molar-refractivity contribution >= 4 is 0 Å². The summed E-state index contributed by atoms with van der Waals surface area (Å²) in [5, 5.41) is 3.46. The fraction of sp³-hybridized carbons (Fsp3) is 0.368. The maximum atomic E-state index is 5.44. The lowest BCUT2D eigenvalue weighted by Crippen LogP contribution is -2.17. The first-order valence-corrected chi connectivity index (χ1v) is 7.73. The van der Waals surface area contributed by atoms with Gasteiger partial charge in [0.05, 0.1) is 21.3 Å². The zero-order chi connectivity index (χ0) is 16.7. The Balaban J connectivity index is 1.97. The van der Waals surface area contributed by atoms with Gasteiger partial charge in [-0.1, -0.05) is 29.8 Å². The summed E-state index contributed by atoms with van der Waals surface area (Å²) in [6.07, 6.45) is 0.997. The van der Waals surface area contributed by atoms with E-state index in [1.54, 1.807) is 21.3 Å². The van der Waals surface area contributed by atoms with Crippen LogP contribution in [0.1, 0.15) is 16.7 Å². The third-order valence-electron chi connectivity index (χ3n) is 3.77. The molecule has 0 amide bonds. The van der Waals surface area contributed by atoms with Gasteiger partial charge in [0.1, 0.15) is 5.75 Å². The smallest absolute Gasteiger partial charge is 0.164 e. The Hall–Kier alpha value is -2.20. The van der Waals surface area contributed by atoms with E-state index >= 15 is 0 Å². The Bertz CT molecular complexity index is 641. The Kier molecular flexibility index (Phi) is 6.29. The van der Waals surface area contributed by atoms with Crippen molar-refractivity contribution in [1.29, 1.82) is 0 Å². The van der Waals surface area contributed by atoms with Gasteiger partial charge in [0.25, 0.3) is 0 Å². The number of hydrogen-bond acceptors (Lipinski definition) is 4. The van der Waals surface area contributed by atoms with Gasteiger partial charge in [0.15, 0.2) is 11.5 Å². The molecule has 2 aromatic carbocycles. The molecule has 0 aliphatic heterocycles. The van der Waals surface area contributed by atoms with Crippen molar-refractivity contribution in [2.24, 2.45) is 0 Å². The average molecular weight is 315 g/mol. The maximum absolute atomic E-state index is 5.44. The molecule has 0 fully saturated rings. The van der Waals surface area contributed by atoms with Crippen molar-refractivity contribution in [3.63, 3.8) is 0 Å². The Morgan fingerprint density at radius 3 is 2.22 bits per heavy atom. The van der Waals surface area contributed by atoms with Crippen molar-refractivity contribution in [1.82, 2.24) is 5.32 Å². The number of hydrogen-bond donors (Lipinski definition) is 1. The summed E-state index contributed by atoms with van der Waals surface area (Å²) in [5.41, 5.74) is 3.69. The van der Waals surface area contributed by atoms with Crippen LogP contribution in [-0.2, 0) is 13.0 Å². The first-order chi connectivity index (χ1) is 11.2. The summed E-state index contributed by atoms with van der Waals surface area (Å²) in [6, 6.07) is 12.4. The molecule has 0 atom stereocenters. The first-order valence-electron chi connectivity index (χ1n) is 7.73. The molecule has 2 rings (SSSR count). The van der Waals surface area contributed by atoms with Gasteiger partial charge < -0.3 is 19.5 Å². The van der Waals surface area contributed by atoms with Gasteiger partial charge in [-0.05, 0) is 31.5 Å². The Morgan fingerprint density at radius 1 is 0.870 bits per heavy atom. The predicted octanol–water partition coefficient (Wildman–Crippen LogP) is 3.35. The van der Waals surface area contributed by atoms with E-state index in [1.165, 1.54) is 11.1 Å². The van der Waals surface area contributed by atoms with Gasteiger partial charge >= 0.3 is 0 Å². The van der Waals surface area contributed by atoms with Crippen LogP contribution in [0, 0.1) is 6.92 Å². The molecule has 1 N–H and O–H groups in total. The largest absolute Gasteiger partial charge is 0.496 e. The lowest BCUT2D eigenvalue weighted by Gasteiger charge is -2.14. The number of aryl methyl sites for hydroxylation is 1. The zero-order valence-electron chi connectivity index (χ0n) is 14.3. The first kappa shape index (κ1) is 17.2. The summed E-state index contributed by atoms with van der Waals surface area (Å²) in [6.45, 7) is 3.74. The van der Waals surface area contributed by atoms with Crippen LogP contribution in [0.5, 0.6) is 17.2 Å². The van der Waals surface area contributed by atoms with Crippen molar-refractivity contribution in [3.8, 4) is 17.2 Å². The fourth-order valence-corrected chi connectivity index (χ4v) is 2.55. The minimum atomic E-state index is 0.674. The van der Waals surface area contributed by atoms with Gasteiger partial charge in [-0.15, -0.1) is 0 Å². The van der Waals surface area contributed by atoms with Crippen molar-refractivity contribution in [3.05, 3.63) is 53.1 Å². The van der Waals surface area contributed by atoms with Gasteiger partial charge in [-0.3, -0.25) is 0 Å². The molecule has 0 bridgehead atoms. The second kappa shape index (κ2) is 8.44. The van der Waals surface area contributed by atoms with Crippen LogP contribution in [0.4, 0.5) is 0 Å². The maximum Gasteiger partial charge on any atom is 0.164 e. The third kappa shape index (κ3) is 4.63. The highest BCUT2D eigenvalue weighted by atomic mass is 16.5. The number of benzene rings is 2. The summed E-state index contributed by atoms with van der Waals surface area (Å²) in [5.74, 6) is 2.18. The summed E-state index contributed by atoms with van der Waals surface area (Å²) < 4.78 is 16.1.